The second-order valence-corrected chi connectivity index (χ2v) is 7.54. The van der Waals surface area contributed by atoms with Crippen LogP contribution in [-0.2, 0) is 11.0 Å². The molecule has 1 unspecified atom stereocenters. The summed E-state index contributed by atoms with van der Waals surface area (Å²) in [6.07, 6.45) is -3.17. The molecule has 0 spiro atoms. The van der Waals surface area contributed by atoms with Gasteiger partial charge in [-0.25, -0.2) is 15.0 Å². The normalized spacial score (nSPS) is 12.4. The number of carbonyl (C=O) groups is 1. The van der Waals surface area contributed by atoms with E-state index >= 15 is 0 Å². The van der Waals surface area contributed by atoms with Crippen LogP contribution in [0.1, 0.15) is 12.6 Å². The van der Waals surface area contributed by atoms with Crippen molar-refractivity contribution in [2.75, 3.05) is 5.32 Å². The van der Waals surface area contributed by atoms with E-state index < -0.39 is 23.0 Å². The van der Waals surface area contributed by atoms with Gasteiger partial charge in [0.1, 0.15) is 5.69 Å². The van der Waals surface area contributed by atoms with Gasteiger partial charge in [0.2, 0.25) is 5.91 Å². The maximum atomic E-state index is 13.3. The molecule has 2 aromatic heterocycles. The number of thioether (sulfide) groups is 1. The summed E-state index contributed by atoms with van der Waals surface area (Å²) in [6.45, 7) is 1.54. The molecule has 3 aromatic rings. The number of aromatic nitrogens is 3. The first kappa shape index (κ1) is 21.1. The van der Waals surface area contributed by atoms with Crippen molar-refractivity contribution in [2.24, 2.45) is 0 Å². The van der Waals surface area contributed by atoms with Gasteiger partial charge in [0.05, 0.1) is 16.6 Å². The minimum atomic E-state index is -4.64. The topological polar surface area (TPSA) is 67.8 Å². The van der Waals surface area contributed by atoms with Crippen molar-refractivity contribution in [3.63, 3.8) is 0 Å². The van der Waals surface area contributed by atoms with Crippen LogP contribution in [0, 0.1) is 0 Å². The molecule has 0 radical (unpaired) electrons. The lowest BCUT2D eigenvalue weighted by molar-refractivity contribution is -0.141. The van der Waals surface area contributed by atoms with Crippen molar-refractivity contribution in [3.8, 4) is 11.3 Å². The number of nitrogens with zero attached hydrogens (tertiary/aromatic N) is 3. The molecular formula is C19H14ClF3N4OS. The Balaban J connectivity index is 1.85. The highest BCUT2D eigenvalue weighted by Gasteiger charge is 2.34. The minimum absolute atomic E-state index is 0.111. The van der Waals surface area contributed by atoms with Crippen LogP contribution >= 0.6 is 23.4 Å². The minimum Gasteiger partial charge on any atom is -0.322 e. The standard InChI is InChI=1S/C19H14ClF3N4OS/c1-11(17(28)25-13-8-5-9-24-16(13)20)29-18-26-14(12-6-3-2-4-7-12)10-15(27-18)19(21,22)23/h2-11H,1H3,(H,25,28). The van der Waals surface area contributed by atoms with Crippen LogP contribution in [0.25, 0.3) is 11.3 Å². The maximum absolute atomic E-state index is 13.3. The lowest BCUT2D eigenvalue weighted by Crippen LogP contribution is -2.23. The van der Waals surface area contributed by atoms with Gasteiger partial charge < -0.3 is 5.32 Å². The molecule has 3 rings (SSSR count). The predicted octanol–water partition coefficient (Wildman–Crippen LogP) is 5.33. The molecule has 2 heterocycles. The Bertz CT molecular complexity index is 1020. The molecule has 10 heteroatoms. The van der Waals surface area contributed by atoms with E-state index in [0.717, 1.165) is 17.8 Å². The molecule has 1 N–H and O–H groups in total. The zero-order chi connectivity index (χ0) is 21.0. The number of pyridine rings is 1. The zero-order valence-corrected chi connectivity index (χ0v) is 16.5. The molecule has 0 fully saturated rings. The summed E-state index contributed by atoms with van der Waals surface area (Å²) in [7, 11) is 0. The largest absolute Gasteiger partial charge is 0.433 e. The van der Waals surface area contributed by atoms with E-state index in [1.54, 1.807) is 42.5 Å². The van der Waals surface area contributed by atoms with E-state index in [1.165, 1.54) is 13.1 Å². The van der Waals surface area contributed by atoms with Crippen LogP contribution in [-0.4, -0.2) is 26.1 Å². The smallest absolute Gasteiger partial charge is 0.322 e. The number of benzene rings is 1. The number of rotatable bonds is 5. The average molecular weight is 439 g/mol. The Labute approximate surface area is 173 Å². The summed E-state index contributed by atoms with van der Waals surface area (Å²) in [5.74, 6) is -0.466. The van der Waals surface area contributed by atoms with Crippen LogP contribution in [0.3, 0.4) is 0 Å². The van der Waals surface area contributed by atoms with Gasteiger partial charge in [-0.05, 0) is 25.1 Å². The first-order chi connectivity index (χ1) is 13.7. The van der Waals surface area contributed by atoms with Crippen LogP contribution in [0.5, 0.6) is 0 Å². The zero-order valence-electron chi connectivity index (χ0n) is 14.9. The van der Waals surface area contributed by atoms with Crippen LogP contribution < -0.4 is 5.32 Å². The monoisotopic (exact) mass is 438 g/mol. The highest BCUT2D eigenvalue weighted by Crippen LogP contribution is 2.33. The van der Waals surface area contributed by atoms with E-state index in [0.29, 0.717) is 11.3 Å². The maximum Gasteiger partial charge on any atom is 0.433 e. The van der Waals surface area contributed by atoms with Crippen LogP contribution in [0.15, 0.2) is 59.9 Å². The molecule has 0 aliphatic heterocycles. The van der Waals surface area contributed by atoms with Gasteiger partial charge in [-0.15, -0.1) is 0 Å². The highest BCUT2D eigenvalue weighted by molar-refractivity contribution is 8.00. The van der Waals surface area contributed by atoms with Gasteiger partial charge in [0.25, 0.3) is 0 Å². The second kappa shape index (κ2) is 8.79. The summed E-state index contributed by atoms with van der Waals surface area (Å²) in [5, 5.41) is 1.77. The highest BCUT2D eigenvalue weighted by atomic mass is 35.5. The van der Waals surface area contributed by atoms with E-state index in [4.69, 9.17) is 11.6 Å². The third kappa shape index (κ3) is 5.45. The molecule has 1 aromatic carbocycles. The third-order valence-corrected chi connectivity index (χ3v) is 5.00. The van der Waals surface area contributed by atoms with Crippen molar-refractivity contribution in [1.29, 1.82) is 0 Å². The molecule has 150 valence electrons. The van der Waals surface area contributed by atoms with Crippen molar-refractivity contribution < 1.29 is 18.0 Å². The quantitative estimate of drug-likeness (QED) is 0.331. The summed E-state index contributed by atoms with van der Waals surface area (Å²) >= 11 is 6.73. The predicted molar refractivity (Wildman–Crippen MR) is 106 cm³/mol. The fourth-order valence-corrected chi connectivity index (χ4v) is 3.26. The Morgan fingerprint density at radius 2 is 1.86 bits per heavy atom. The number of amides is 1. The van der Waals surface area contributed by atoms with Crippen LogP contribution in [0.4, 0.5) is 18.9 Å². The Kier molecular flexibility index (Phi) is 6.39. The fraction of sp³-hybridized carbons (Fsp3) is 0.158. The van der Waals surface area contributed by atoms with Crippen molar-refractivity contribution >= 4 is 35.0 Å². The molecule has 1 atom stereocenters. The molecule has 0 saturated carbocycles. The van der Waals surface area contributed by atoms with Gasteiger partial charge in [0, 0.05) is 11.8 Å². The Morgan fingerprint density at radius 3 is 2.52 bits per heavy atom. The van der Waals surface area contributed by atoms with Gasteiger partial charge in [-0.2, -0.15) is 13.2 Å². The van der Waals surface area contributed by atoms with Gasteiger partial charge in [-0.1, -0.05) is 53.7 Å². The van der Waals surface area contributed by atoms with E-state index in [-0.39, 0.29) is 16.0 Å². The number of alkyl halides is 3. The first-order valence-corrected chi connectivity index (χ1v) is 9.59. The molecule has 1 amide bonds. The number of carbonyl (C=O) groups excluding carboxylic acids is 1. The fourth-order valence-electron chi connectivity index (χ4n) is 2.31. The number of halogens is 4. The Hall–Kier alpha value is -2.65. The van der Waals surface area contributed by atoms with E-state index in [2.05, 4.69) is 20.3 Å². The first-order valence-electron chi connectivity index (χ1n) is 8.34. The summed E-state index contributed by atoms with van der Waals surface area (Å²) < 4.78 is 39.9. The molecule has 5 nitrogen and oxygen atoms in total. The Morgan fingerprint density at radius 1 is 1.14 bits per heavy atom. The molecule has 0 aliphatic carbocycles. The number of hydrogen-bond donors (Lipinski definition) is 1. The average Bonchev–Trinajstić information content (AvgIpc) is 2.69. The number of hydrogen-bond acceptors (Lipinski definition) is 5. The van der Waals surface area contributed by atoms with Crippen LogP contribution in [0.2, 0.25) is 5.15 Å². The summed E-state index contributed by atoms with van der Waals surface area (Å²) in [6, 6.07) is 12.5. The van der Waals surface area contributed by atoms with Crippen molar-refractivity contribution in [1.82, 2.24) is 15.0 Å². The van der Waals surface area contributed by atoms with E-state index in [9.17, 15) is 18.0 Å². The lowest BCUT2D eigenvalue weighted by atomic mass is 10.1. The van der Waals surface area contributed by atoms with E-state index in [1.807, 2.05) is 0 Å². The SMILES string of the molecule is CC(Sc1nc(-c2ccccc2)cc(C(F)(F)F)n1)C(=O)Nc1cccnc1Cl. The second-order valence-electron chi connectivity index (χ2n) is 5.88. The molecule has 29 heavy (non-hydrogen) atoms. The van der Waals surface area contributed by atoms with Crippen molar-refractivity contribution in [2.45, 2.75) is 23.5 Å². The lowest BCUT2D eigenvalue weighted by Gasteiger charge is -2.14. The molecule has 0 aliphatic rings. The molecule has 0 bridgehead atoms. The molecular weight excluding hydrogens is 425 g/mol. The van der Waals surface area contributed by atoms with Gasteiger partial charge in [-0.3, -0.25) is 4.79 Å². The van der Waals surface area contributed by atoms with Gasteiger partial charge in [0.15, 0.2) is 10.3 Å². The number of nitrogens with one attached hydrogen (secondary N) is 1. The van der Waals surface area contributed by atoms with Crippen molar-refractivity contribution in [3.05, 3.63) is 65.6 Å². The summed E-state index contributed by atoms with van der Waals surface area (Å²) in [4.78, 5) is 24.0. The number of anilines is 1. The molecule has 0 saturated heterocycles. The third-order valence-electron chi connectivity index (χ3n) is 3.73. The summed E-state index contributed by atoms with van der Waals surface area (Å²) in [5.41, 5.74) is -0.127. The van der Waals surface area contributed by atoms with Gasteiger partial charge >= 0.3 is 6.18 Å².